The molecule has 5 heteroatoms. The van der Waals surface area contributed by atoms with Crippen LogP contribution in [0.25, 0.3) is 10.4 Å². The van der Waals surface area contributed by atoms with Gasteiger partial charge in [-0.1, -0.05) is 11.3 Å². The molecule has 0 aromatic carbocycles. The maximum absolute atomic E-state index is 4.43. The predicted octanol–water partition coefficient (Wildman–Crippen LogP) is 2.73. The second kappa shape index (κ2) is 5.05. The molecule has 0 aliphatic rings. The summed E-state index contributed by atoms with van der Waals surface area (Å²) in [6, 6.07) is 3.97. The molecule has 0 radical (unpaired) electrons. The number of nitrogens with zero attached hydrogens (tertiary/aromatic N) is 4. The number of thiazole rings is 1. The van der Waals surface area contributed by atoms with Crippen molar-refractivity contribution in [1.29, 1.82) is 0 Å². The van der Waals surface area contributed by atoms with E-state index in [9.17, 15) is 0 Å². The summed E-state index contributed by atoms with van der Waals surface area (Å²) in [7, 11) is 3.88. The first kappa shape index (κ1) is 11.7. The van der Waals surface area contributed by atoms with Crippen molar-refractivity contribution in [3.8, 4) is 10.4 Å². The molecule has 2 rings (SSSR count). The van der Waals surface area contributed by atoms with Crippen LogP contribution in [0.4, 0.5) is 5.13 Å². The van der Waals surface area contributed by atoms with Crippen molar-refractivity contribution in [3.05, 3.63) is 30.2 Å². The molecule has 4 nitrogen and oxygen atoms in total. The Morgan fingerprint density at radius 1 is 1.29 bits per heavy atom. The summed E-state index contributed by atoms with van der Waals surface area (Å²) < 4.78 is 0. The lowest BCUT2D eigenvalue weighted by atomic mass is 10.2. The fraction of sp³-hybridized carbons (Fsp3) is 0.250. The Balaban J connectivity index is 2.32. The molecule has 0 aliphatic carbocycles. The van der Waals surface area contributed by atoms with Gasteiger partial charge in [-0.2, -0.15) is 0 Å². The van der Waals surface area contributed by atoms with Crippen LogP contribution in [0.3, 0.4) is 0 Å². The van der Waals surface area contributed by atoms with Crippen LogP contribution in [0.1, 0.15) is 5.69 Å². The fourth-order valence-corrected chi connectivity index (χ4v) is 2.29. The molecule has 17 heavy (non-hydrogen) atoms. The van der Waals surface area contributed by atoms with Crippen LogP contribution in [0.5, 0.6) is 0 Å². The zero-order chi connectivity index (χ0) is 12.3. The third-order valence-electron chi connectivity index (χ3n) is 2.13. The highest BCUT2D eigenvalue weighted by molar-refractivity contribution is 7.18. The van der Waals surface area contributed by atoms with E-state index in [2.05, 4.69) is 15.0 Å². The minimum absolute atomic E-state index is 0.781. The second-order valence-electron chi connectivity index (χ2n) is 3.86. The second-order valence-corrected chi connectivity index (χ2v) is 4.83. The summed E-state index contributed by atoms with van der Waals surface area (Å²) in [5.41, 5.74) is 2.15. The van der Waals surface area contributed by atoms with E-state index >= 15 is 0 Å². The molecule has 2 aromatic heterocycles. The van der Waals surface area contributed by atoms with Gasteiger partial charge in [-0.25, -0.2) is 9.98 Å². The number of hydrogen-bond acceptors (Lipinski definition) is 4. The molecule has 0 aliphatic heterocycles. The molecule has 0 atom stereocenters. The molecular formula is C12H14N4S. The highest BCUT2D eigenvalue weighted by atomic mass is 32.1. The van der Waals surface area contributed by atoms with E-state index in [1.165, 1.54) is 0 Å². The molecule has 0 amide bonds. The van der Waals surface area contributed by atoms with Crippen molar-refractivity contribution in [2.45, 2.75) is 6.92 Å². The van der Waals surface area contributed by atoms with E-state index in [1.54, 1.807) is 30.1 Å². The number of rotatable bonds is 3. The SMILES string of the molecule is Cc1nc(/N=C/N(C)C)sc1-c1ccncc1. The Morgan fingerprint density at radius 3 is 2.65 bits per heavy atom. The maximum Gasteiger partial charge on any atom is 0.211 e. The van der Waals surface area contributed by atoms with Crippen LogP contribution in [-0.4, -0.2) is 35.3 Å². The average molecular weight is 246 g/mol. The highest BCUT2D eigenvalue weighted by Crippen LogP contribution is 2.33. The summed E-state index contributed by atoms with van der Waals surface area (Å²) >= 11 is 1.59. The lowest BCUT2D eigenvalue weighted by Gasteiger charge is -1.99. The van der Waals surface area contributed by atoms with Gasteiger partial charge in [-0.05, 0) is 24.6 Å². The molecule has 0 bridgehead atoms. The summed E-state index contributed by atoms with van der Waals surface area (Å²) in [4.78, 5) is 15.8. The van der Waals surface area contributed by atoms with Crippen LogP contribution < -0.4 is 0 Å². The molecule has 0 unspecified atom stereocenters. The lowest BCUT2D eigenvalue weighted by Crippen LogP contribution is -2.06. The van der Waals surface area contributed by atoms with Gasteiger partial charge < -0.3 is 4.90 Å². The van der Waals surface area contributed by atoms with E-state index in [0.29, 0.717) is 0 Å². The molecule has 0 N–H and O–H groups in total. The van der Waals surface area contributed by atoms with E-state index in [4.69, 9.17) is 0 Å². The predicted molar refractivity (Wildman–Crippen MR) is 71.9 cm³/mol. The normalized spacial score (nSPS) is 11.0. The summed E-state index contributed by atoms with van der Waals surface area (Å²) in [5, 5.41) is 0.781. The van der Waals surface area contributed by atoms with Gasteiger partial charge in [0.1, 0.15) is 0 Å². The van der Waals surface area contributed by atoms with Gasteiger partial charge in [0.25, 0.3) is 0 Å². The Kier molecular flexibility index (Phi) is 3.49. The van der Waals surface area contributed by atoms with Crippen LogP contribution in [0, 0.1) is 6.92 Å². The minimum Gasteiger partial charge on any atom is -0.369 e. The summed E-state index contributed by atoms with van der Waals surface area (Å²) in [5.74, 6) is 0. The van der Waals surface area contributed by atoms with E-state index in [1.807, 2.05) is 38.1 Å². The number of pyridine rings is 1. The van der Waals surface area contributed by atoms with Crippen LogP contribution in [0.2, 0.25) is 0 Å². The topological polar surface area (TPSA) is 41.4 Å². The van der Waals surface area contributed by atoms with Crippen LogP contribution in [0.15, 0.2) is 29.5 Å². The highest BCUT2D eigenvalue weighted by Gasteiger charge is 2.08. The summed E-state index contributed by atoms with van der Waals surface area (Å²) in [6.45, 7) is 2.00. The Labute approximate surface area is 105 Å². The van der Waals surface area contributed by atoms with Gasteiger partial charge in [0.15, 0.2) is 0 Å². The Hall–Kier alpha value is -1.75. The molecule has 0 fully saturated rings. The molecule has 2 aromatic rings. The van der Waals surface area contributed by atoms with Crippen molar-refractivity contribution >= 4 is 22.8 Å². The molecule has 0 saturated carbocycles. The Morgan fingerprint density at radius 2 is 2.00 bits per heavy atom. The molecule has 2 heterocycles. The maximum atomic E-state index is 4.43. The zero-order valence-corrected chi connectivity index (χ0v) is 10.9. The zero-order valence-electron chi connectivity index (χ0n) is 10.1. The first-order valence-corrected chi connectivity index (χ1v) is 6.07. The number of aryl methyl sites for hydroxylation is 1. The smallest absolute Gasteiger partial charge is 0.211 e. The monoisotopic (exact) mass is 246 g/mol. The molecule has 88 valence electrons. The minimum atomic E-state index is 0.781. The van der Waals surface area contributed by atoms with Gasteiger partial charge >= 0.3 is 0 Å². The van der Waals surface area contributed by atoms with Gasteiger partial charge in [-0.3, -0.25) is 4.98 Å². The van der Waals surface area contributed by atoms with Crippen LogP contribution >= 0.6 is 11.3 Å². The van der Waals surface area contributed by atoms with E-state index in [-0.39, 0.29) is 0 Å². The van der Waals surface area contributed by atoms with Crippen molar-refractivity contribution in [3.63, 3.8) is 0 Å². The standard InChI is InChI=1S/C12H14N4S/c1-9-11(10-4-6-13-7-5-10)17-12(15-9)14-8-16(2)3/h4-8H,1-3H3/b14-8+. The van der Waals surface area contributed by atoms with E-state index < -0.39 is 0 Å². The van der Waals surface area contributed by atoms with Crippen molar-refractivity contribution in [2.75, 3.05) is 14.1 Å². The summed E-state index contributed by atoms with van der Waals surface area (Å²) in [6.07, 6.45) is 5.34. The Bertz CT molecular complexity index is 517. The van der Waals surface area contributed by atoms with E-state index in [0.717, 1.165) is 21.3 Å². The third-order valence-corrected chi connectivity index (χ3v) is 3.24. The lowest BCUT2D eigenvalue weighted by molar-refractivity contribution is 0.643. The van der Waals surface area contributed by atoms with Crippen molar-refractivity contribution in [2.24, 2.45) is 4.99 Å². The number of hydrogen-bond donors (Lipinski definition) is 0. The van der Waals surface area contributed by atoms with Gasteiger partial charge in [0.05, 0.1) is 16.9 Å². The first-order chi connectivity index (χ1) is 8.16. The van der Waals surface area contributed by atoms with Gasteiger partial charge in [0.2, 0.25) is 5.13 Å². The largest absolute Gasteiger partial charge is 0.369 e. The van der Waals surface area contributed by atoms with Gasteiger partial charge in [-0.15, -0.1) is 0 Å². The average Bonchev–Trinajstić information content (AvgIpc) is 2.69. The van der Waals surface area contributed by atoms with Crippen molar-refractivity contribution < 1.29 is 0 Å². The molecule has 0 spiro atoms. The molecule has 0 saturated heterocycles. The van der Waals surface area contributed by atoms with Crippen LogP contribution in [-0.2, 0) is 0 Å². The first-order valence-electron chi connectivity index (χ1n) is 5.25. The molecular weight excluding hydrogens is 232 g/mol. The number of aromatic nitrogens is 2. The van der Waals surface area contributed by atoms with Crippen molar-refractivity contribution in [1.82, 2.24) is 14.9 Å². The van der Waals surface area contributed by atoms with Gasteiger partial charge in [0, 0.05) is 26.5 Å². The fourth-order valence-electron chi connectivity index (χ4n) is 1.37. The number of aliphatic imine (C=N–C) groups is 1. The third kappa shape index (κ3) is 2.88. The quantitative estimate of drug-likeness (QED) is 0.617.